The Kier molecular flexibility index (Phi) is 9.02. The standard InChI is InChI=1S/C26H26ClN3O5S/c1-5-35-20-9-7-16(11-19(20)27)22-18(12-28)25(30-24(32)23(22)26(33)34-4)36-13-21(31)29-17-8-6-14(2)15(3)10-17/h6-11,22-23H,5,13H2,1-4H3,(H,29,31)(H,30,32)/t22-,23-/m1/s1. The minimum absolute atomic E-state index is 0.0621. The largest absolute Gasteiger partial charge is 0.492 e. The van der Waals surface area contributed by atoms with E-state index in [1.165, 1.54) is 7.11 Å². The highest BCUT2D eigenvalue weighted by atomic mass is 35.5. The monoisotopic (exact) mass is 527 g/mol. The third-order valence-electron chi connectivity index (χ3n) is 5.74. The maximum Gasteiger partial charge on any atom is 0.319 e. The highest BCUT2D eigenvalue weighted by molar-refractivity contribution is 8.03. The number of rotatable bonds is 8. The molecule has 8 nitrogen and oxygen atoms in total. The predicted octanol–water partition coefficient (Wildman–Crippen LogP) is 4.47. The van der Waals surface area contributed by atoms with Crippen molar-refractivity contribution >= 4 is 46.8 Å². The number of allylic oxidation sites excluding steroid dienone is 1. The van der Waals surface area contributed by atoms with Gasteiger partial charge in [0.2, 0.25) is 11.8 Å². The summed E-state index contributed by atoms with van der Waals surface area (Å²) in [6, 6.07) is 12.5. The second-order valence-electron chi connectivity index (χ2n) is 8.08. The van der Waals surface area contributed by atoms with E-state index in [0.717, 1.165) is 22.9 Å². The van der Waals surface area contributed by atoms with Crippen molar-refractivity contribution < 1.29 is 23.9 Å². The highest BCUT2D eigenvalue weighted by Gasteiger charge is 2.44. The first-order valence-corrected chi connectivity index (χ1v) is 12.5. The van der Waals surface area contributed by atoms with Crippen molar-refractivity contribution in [1.82, 2.24) is 5.32 Å². The lowest BCUT2D eigenvalue weighted by Gasteiger charge is -2.31. The van der Waals surface area contributed by atoms with Crippen LogP contribution in [0.25, 0.3) is 0 Å². The molecular weight excluding hydrogens is 502 g/mol. The van der Waals surface area contributed by atoms with Gasteiger partial charge in [0.15, 0.2) is 0 Å². The summed E-state index contributed by atoms with van der Waals surface area (Å²) in [6.45, 7) is 6.16. The van der Waals surface area contributed by atoms with E-state index >= 15 is 0 Å². The Morgan fingerprint density at radius 2 is 1.94 bits per heavy atom. The molecule has 0 spiro atoms. The van der Waals surface area contributed by atoms with Crippen LogP contribution in [0.5, 0.6) is 5.75 Å². The minimum atomic E-state index is -1.30. The quantitative estimate of drug-likeness (QED) is 0.384. The van der Waals surface area contributed by atoms with E-state index in [0.29, 0.717) is 23.6 Å². The number of nitrogens with one attached hydrogen (secondary N) is 2. The average molecular weight is 528 g/mol. The molecule has 10 heteroatoms. The summed E-state index contributed by atoms with van der Waals surface area (Å²) in [5.74, 6) is -3.59. The van der Waals surface area contributed by atoms with Gasteiger partial charge < -0.3 is 20.1 Å². The van der Waals surface area contributed by atoms with E-state index in [9.17, 15) is 19.6 Å². The molecule has 0 aliphatic carbocycles. The number of methoxy groups -OCH3 is 1. The molecule has 2 N–H and O–H groups in total. The average Bonchev–Trinajstić information content (AvgIpc) is 2.85. The van der Waals surface area contributed by atoms with Gasteiger partial charge in [-0.15, -0.1) is 0 Å². The van der Waals surface area contributed by atoms with Crippen LogP contribution in [-0.2, 0) is 19.1 Å². The van der Waals surface area contributed by atoms with Crippen LogP contribution in [0.1, 0.15) is 29.5 Å². The van der Waals surface area contributed by atoms with Crippen LogP contribution >= 0.6 is 23.4 Å². The summed E-state index contributed by atoms with van der Waals surface area (Å²) in [6.07, 6.45) is 0. The molecule has 1 aliphatic heterocycles. The first kappa shape index (κ1) is 27.1. The van der Waals surface area contributed by atoms with Gasteiger partial charge in [-0.3, -0.25) is 14.4 Å². The summed E-state index contributed by atoms with van der Waals surface area (Å²) >= 11 is 7.36. The van der Waals surface area contributed by atoms with Gasteiger partial charge >= 0.3 is 5.97 Å². The molecule has 188 valence electrons. The molecule has 0 saturated carbocycles. The topological polar surface area (TPSA) is 118 Å². The fourth-order valence-electron chi connectivity index (χ4n) is 3.82. The molecule has 2 aromatic rings. The lowest BCUT2D eigenvalue weighted by atomic mass is 9.78. The van der Waals surface area contributed by atoms with Crippen molar-refractivity contribution in [2.45, 2.75) is 26.7 Å². The zero-order valence-corrected chi connectivity index (χ0v) is 21.9. The molecule has 0 radical (unpaired) electrons. The molecule has 36 heavy (non-hydrogen) atoms. The number of amides is 2. The number of hydrogen-bond donors (Lipinski definition) is 2. The number of nitriles is 1. The summed E-state index contributed by atoms with van der Waals surface area (Å²) in [7, 11) is 1.18. The molecule has 1 heterocycles. The molecule has 0 unspecified atom stereocenters. The molecule has 2 atom stereocenters. The van der Waals surface area contributed by atoms with Gasteiger partial charge in [-0.2, -0.15) is 5.26 Å². The van der Waals surface area contributed by atoms with E-state index in [2.05, 4.69) is 16.7 Å². The molecule has 1 aliphatic rings. The van der Waals surface area contributed by atoms with Gasteiger partial charge in [0.1, 0.15) is 11.7 Å². The van der Waals surface area contributed by atoms with Gasteiger partial charge in [-0.25, -0.2) is 0 Å². The number of aryl methyl sites for hydroxylation is 2. The van der Waals surface area contributed by atoms with Crippen molar-refractivity contribution in [3.05, 3.63) is 68.7 Å². The molecule has 0 saturated heterocycles. The maximum atomic E-state index is 13.0. The number of carbonyl (C=O) groups is 3. The number of carbonyl (C=O) groups excluding carboxylic acids is 3. The van der Waals surface area contributed by atoms with Crippen LogP contribution in [0.2, 0.25) is 5.02 Å². The lowest BCUT2D eigenvalue weighted by Crippen LogP contribution is -2.44. The molecule has 2 amide bonds. The number of nitrogens with zero attached hydrogens (tertiary/aromatic N) is 1. The van der Waals surface area contributed by atoms with Gasteiger partial charge in [0.05, 0.1) is 41.2 Å². The smallest absolute Gasteiger partial charge is 0.319 e. The van der Waals surface area contributed by atoms with Crippen LogP contribution in [0, 0.1) is 31.1 Å². The third-order valence-corrected chi connectivity index (χ3v) is 7.05. The van der Waals surface area contributed by atoms with Crippen LogP contribution in [0.3, 0.4) is 0 Å². The number of anilines is 1. The second-order valence-corrected chi connectivity index (χ2v) is 9.47. The van der Waals surface area contributed by atoms with Gasteiger partial charge in [-0.05, 0) is 61.7 Å². The highest BCUT2D eigenvalue weighted by Crippen LogP contribution is 2.42. The predicted molar refractivity (Wildman–Crippen MR) is 139 cm³/mol. The van der Waals surface area contributed by atoms with E-state index in [1.807, 2.05) is 32.9 Å². The SMILES string of the molecule is CCOc1ccc([C@@H]2C(C#N)=C(SCC(=O)Nc3ccc(C)c(C)c3)NC(=O)[C@@H]2C(=O)OC)cc1Cl. The van der Waals surface area contributed by atoms with E-state index in [-0.39, 0.29) is 27.3 Å². The van der Waals surface area contributed by atoms with Crippen molar-refractivity contribution in [2.75, 3.05) is 24.8 Å². The van der Waals surface area contributed by atoms with Crippen molar-refractivity contribution in [3.8, 4) is 11.8 Å². The molecule has 3 rings (SSSR count). The minimum Gasteiger partial charge on any atom is -0.492 e. The number of thioether (sulfide) groups is 1. The second kappa shape index (κ2) is 12.0. The van der Waals surface area contributed by atoms with E-state index in [1.54, 1.807) is 24.3 Å². The molecule has 0 bridgehead atoms. The van der Waals surface area contributed by atoms with E-state index in [4.69, 9.17) is 21.1 Å². The number of halogens is 1. The Hall–Kier alpha value is -3.48. The number of ether oxygens (including phenoxy) is 2. The number of benzene rings is 2. The molecule has 2 aromatic carbocycles. The number of hydrogen-bond acceptors (Lipinski definition) is 7. The normalized spacial score (nSPS) is 17.2. The molecular formula is C26H26ClN3O5S. The fraction of sp³-hybridized carbons (Fsp3) is 0.308. The summed E-state index contributed by atoms with van der Waals surface area (Å²) < 4.78 is 10.3. The fourth-order valence-corrected chi connectivity index (χ4v) is 4.91. The van der Waals surface area contributed by atoms with Gasteiger partial charge in [-0.1, -0.05) is 35.5 Å². The van der Waals surface area contributed by atoms with Gasteiger partial charge in [0.25, 0.3) is 0 Å². The van der Waals surface area contributed by atoms with Crippen LogP contribution in [0.15, 0.2) is 47.0 Å². The Balaban J connectivity index is 1.91. The summed E-state index contributed by atoms with van der Waals surface area (Å²) in [4.78, 5) is 38.1. The Morgan fingerprint density at radius 1 is 1.19 bits per heavy atom. The molecule has 0 aromatic heterocycles. The first-order chi connectivity index (χ1) is 17.2. The molecule has 0 fully saturated rings. The van der Waals surface area contributed by atoms with Crippen LogP contribution in [-0.4, -0.2) is 37.3 Å². The maximum absolute atomic E-state index is 13.0. The number of esters is 1. The third kappa shape index (κ3) is 6.01. The zero-order valence-electron chi connectivity index (χ0n) is 20.3. The Labute approximate surface area is 219 Å². The van der Waals surface area contributed by atoms with E-state index < -0.39 is 23.7 Å². The van der Waals surface area contributed by atoms with Crippen LogP contribution in [0.4, 0.5) is 5.69 Å². The van der Waals surface area contributed by atoms with Gasteiger partial charge in [0, 0.05) is 11.6 Å². The summed E-state index contributed by atoms with van der Waals surface area (Å²) in [5.41, 5.74) is 3.41. The first-order valence-electron chi connectivity index (χ1n) is 11.1. The van der Waals surface area contributed by atoms with Crippen molar-refractivity contribution in [2.24, 2.45) is 5.92 Å². The Bertz CT molecular complexity index is 1270. The van der Waals surface area contributed by atoms with Crippen molar-refractivity contribution in [1.29, 1.82) is 5.26 Å². The van der Waals surface area contributed by atoms with Crippen LogP contribution < -0.4 is 15.4 Å². The Morgan fingerprint density at radius 3 is 2.56 bits per heavy atom. The zero-order chi connectivity index (χ0) is 26.4. The van der Waals surface area contributed by atoms with Crippen molar-refractivity contribution in [3.63, 3.8) is 0 Å². The summed E-state index contributed by atoms with van der Waals surface area (Å²) in [5, 5.41) is 15.9. The lowest BCUT2D eigenvalue weighted by molar-refractivity contribution is -0.150.